The molecular formula is C34H26N6O8S. The highest BCUT2D eigenvalue weighted by atomic mass is 32.1. The van der Waals surface area contributed by atoms with Gasteiger partial charge >= 0.3 is 0 Å². The molecule has 0 aliphatic rings. The van der Waals surface area contributed by atoms with E-state index in [0.29, 0.717) is 11.1 Å². The van der Waals surface area contributed by atoms with Crippen LogP contribution in [-0.4, -0.2) is 34.1 Å². The third-order valence-electron chi connectivity index (χ3n) is 6.65. The normalized spacial score (nSPS) is 10.9. The number of carbonyl (C=O) groups excluding carboxylic acids is 2. The van der Waals surface area contributed by atoms with Crippen molar-refractivity contribution in [3.63, 3.8) is 0 Å². The molecule has 0 aliphatic heterocycles. The fraction of sp³-hybridized carbons (Fsp3) is 0.0588. The van der Waals surface area contributed by atoms with Crippen molar-refractivity contribution < 1.29 is 28.9 Å². The molecule has 0 radical (unpaired) electrons. The first-order valence-corrected chi connectivity index (χ1v) is 15.3. The van der Waals surface area contributed by atoms with Crippen LogP contribution in [-0.2, 0) is 13.2 Å². The van der Waals surface area contributed by atoms with Gasteiger partial charge in [-0.1, -0.05) is 60.7 Å². The van der Waals surface area contributed by atoms with Crippen molar-refractivity contribution in [1.82, 2.24) is 10.9 Å². The number of nitro benzene ring substituents is 2. The maximum Gasteiger partial charge on any atom is 0.285 e. The van der Waals surface area contributed by atoms with Crippen molar-refractivity contribution in [3.05, 3.63) is 161 Å². The Morgan fingerprint density at radius 2 is 0.980 bits per heavy atom. The number of nitro groups is 2. The summed E-state index contributed by atoms with van der Waals surface area (Å²) in [5, 5.41) is 29.8. The number of amides is 2. The minimum absolute atomic E-state index is 0.00987. The van der Waals surface area contributed by atoms with Crippen LogP contribution < -0.4 is 20.3 Å². The van der Waals surface area contributed by atoms with Gasteiger partial charge in [0.05, 0.1) is 22.3 Å². The average molecular weight is 679 g/mol. The largest absolute Gasteiger partial charge is 0.483 e. The van der Waals surface area contributed by atoms with Gasteiger partial charge in [0, 0.05) is 24.3 Å². The van der Waals surface area contributed by atoms with Crippen molar-refractivity contribution in [3.8, 4) is 11.5 Å². The van der Waals surface area contributed by atoms with Gasteiger partial charge < -0.3 is 9.47 Å². The molecule has 0 bridgehead atoms. The second-order valence-corrected chi connectivity index (χ2v) is 11.1. The van der Waals surface area contributed by atoms with E-state index in [-0.39, 0.29) is 45.8 Å². The number of hydrogen-bond donors (Lipinski definition) is 2. The highest BCUT2D eigenvalue weighted by molar-refractivity contribution is 7.16. The first-order valence-electron chi connectivity index (χ1n) is 14.4. The van der Waals surface area contributed by atoms with Crippen LogP contribution in [0, 0.1) is 20.2 Å². The van der Waals surface area contributed by atoms with Gasteiger partial charge in [-0.15, -0.1) is 11.3 Å². The lowest BCUT2D eigenvalue weighted by Gasteiger charge is -2.12. The smallest absolute Gasteiger partial charge is 0.285 e. The Kier molecular flexibility index (Phi) is 11.1. The van der Waals surface area contributed by atoms with Gasteiger partial charge in [-0.05, 0) is 46.5 Å². The molecule has 15 heteroatoms. The maximum absolute atomic E-state index is 13.5. The summed E-state index contributed by atoms with van der Waals surface area (Å²) in [6.07, 6.45) is 2.63. The molecule has 5 aromatic rings. The van der Waals surface area contributed by atoms with Gasteiger partial charge in [-0.2, -0.15) is 10.2 Å². The fourth-order valence-electron chi connectivity index (χ4n) is 4.22. The fourth-order valence-corrected chi connectivity index (χ4v) is 5.19. The van der Waals surface area contributed by atoms with Crippen LogP contribution in [0.5, 0.6) is 11.5 Å². The van der Waals surface area contributed by atoms with Crippen LogP contribution in [0.2, 0.25) is 0 Å². The number of nitrogens with one attached hydrogen (secondary N) is 2. The van der Waals surface area contributed by atoms with Crippen LogP contribution >= 0.6 is 11.3 Å². The molecule has 49 heavy (non-hydrogen) atoms. The molecule has 0 aliphatic carbocycles. The second kappa shape index (κ2) is 16.2. The number of carbonyl (C=O) groups is 2. The molecule has 0 atom stereocenters. The number of rotatable bonds is 14. The number of benzene rings is 4. The molecule has 2 N–H and O–H groups in total. The summed E-state index contributed by atoms with van der Waals surface area (Å²) >= 11 is 0.804. The van der Waals surface area contributed by atoms with Crippen molar-refractivity contribution in [2.45, 2.75) is 13.2 Å². The van der Waals surface area contributed by atoms with Gasteiger partial charge in [0.15, 0.2) is 11.5 Å². The monoisotopic (exact) mass is 678 g/mol. The highest BCUT2D eigenvalue weighted by Gasteiger charge is 2.30. The van der Waals surface area contributed by atoms with Crippen LogP contribution in [0.3, 0.4) is 0 Å². The zero-order valence-electron chi connectivity index (χ0n) is 25.4. The van der Waals surface area contributed by atoms with Crippen LogP contribution in [0.15, 0.2) is 119 Å². The van der Waals surface area contributed by atoms with E-state index in [1.54, 1.807) is 0 Å². The first-order chi connectivity index (χ1) is 23.8. The summed E-state index contributed by atoms with van der Waals surface area (Å²) in [7, 11) is 0. The van der Waals surface area contributed by atoms with Crippen LogP contribution in [0.1, 0.15) is 41.6 Å². The Labute approximate surface area is 282 Å². The first kappa shape index (κ1) is 33.6. The maximum atomic E-state index is 13.5. The lowest BCUT2D eigenvalue weighted by Crippen LogP contribution is -2.17. The van der Waals surface area contributed by atoms with E-state index in [4.69, 9.17) is 9.47 Å². The topological polar surface area (TPSA) is 188 Å². The van der Waals surface area contributed by atoms with E-state index in [1.165, 1.54) is 61.0 Å². The van der Waals surface area contributed by atoms with Crippen molar-refractivity contribution in [2.75, 3.05) is 0 Å². The number of nitrogens with zero attached hydrogens (tertiary/aromatic N) is 4. The lowest BCUT2D eigenvalue weighted by atomic mass is 10.2. The highest BCUT2D eigenvalue weighted by Crippen LogP contribution is 2.43. The predicted octanol–water partition coefficient (Wildman–Crippen LogP) is 6.25. The molecule has 1 aromatic heterocycles. The van der Waals surface area contributed by atoms with E-state index >= 15 is 0 Å². The summed E-state index contributed by atoms with van der Waals surface area (Å²) in [4.78, 5) is 47.8. The molecule has 0 unspecified atom stereocenters. The molecule has 246 valence electrons. The zero-order valence-corrected chi connectivity index (χ0v) is 26.2. The number of non-ortho nitro benzene ring substituents is 2. The molecule has 0 spiro atoms. The minimum atomic E-state index is -0.704. The third-order valence-corrected chi connectivity index (χ3v) is 7.80. The molecule has 2 amide bonds. The molecule has 0 fully saturated rings. The Morgan fingerprint density at radius 1 is 0.612 bits per heavy atom. The van der Waals surface area contributed by atoms with Gasteiger partial charge in [0.1, 0.15) is 23.0 Å². The number of hydrogen-bond acceptors (Lipinski definition) is 11. The van der Waals surface area contributed by atoms with E-state index in [0.717, 1.165) is 22.5 Å². The van der Waals surface area contributed by atoms with Crippen LogP contribution in [0.4, 0.5) is 11.4 Å². The van der Waals surface area contributed by atoms with Gasteiger partial charge in [0.2, 0.25) is 0 Å². The van der Waals surface area contributed by atoms with E-state index in [9.17, 15) is 29.8 Å². The quantitative estimate of drug-likeness (QED) is 0.0783. The van der Waals surface area contributed by atoms with E-state index < -0.39 is 21.7 Å². The van der Waals surface area contributed by atoms with Gasteiger partial charge in [-0.3, -0.25) is 29.8 Å². The third kappa shape index (κ3) is 9.17. The average Bonchev–Trinajstić information content (AvgIpc) is 3.49. The molecule has 4 aromatic carbocycles. The summed E-state index contributed by atoms with van der Waals surface area (Å²) in [5.74, 6) is -1.39. The van der Waals surface area contributed by atoms with E-state index in [2.05, 4.69) is 21.1 Å². The summed E-state index contributed by atoms with van der Waals surface area (Å²) in [6, 6.07) is 29.5. The van der Waals surface area contributed by atoms with Gasteiger partial charge in [-0.25, -0.2) is 10.9 Å². The summed E-state index contributed by atoms with van der Waals surface area (Å²) in [6.45, 7) is 0.0932. The lowest BCUT2D eigenvalue weighted by molar-refractivity contribution is -0.385. The van der Waals surface area contributed by atoms with Crippen LogP contribution in [0.25, 0.3) is 0 Å². The standard InChI is InChI=1S/C34H26N6O8S/c41-33(37-35-19-23-11-15-27(16-12-23)39(43)44)31-29(47-21-25-7-3-1-4-8-25)30(48-22-26-9-5-2-6-10-26)32(49-31)34(42)38-36-20-24-13-17-28(18-14-24)40(45)46/h1-20H,21-22H2,(H,37,41)(H,38,42)/b35-19+,36-20+. The Balaban J connectivity index is 1.44. The van der Waals surface area contributed by atoms with Crippen molar-refractivity contribution in [1.29, 1.82) is 0 Å². The molecule has 0 saturated carbocycles. The zero-order chi connectivity index (χ0) is 34.6. The molecule has 14 nitrogen and oxygen atoms in total. The number of hydrazone groups is 2. The number of thiophene rings is 1. The Hall–Kier alpha value is -6.74. The molecule has 5 rings (SSSR count). The molecule has 1 heterocycles. The molecule has 0 saturated heterocycles. The predicted molar refractivity (Wildman–Crippen MR) is 182 cm³/mol. The SMILES string of the molecule is O=C(N/N=C/c1ccc([N+](=O)[O-])cc1)c1sc(C(=O)N/N=C/c2ccc([N+](=O)[O-])cc2)c(OCc2ccccc2)c1OCc1ccccc1. The van der Waals surface area contributed by atoms with Gasteiger partial charge in [0.25, 0.3) is 23.2 Å². The molecular weight excluding hydrogens is 652 g/mol. The summed E-state index contributed by atoms with van der Waals surface area (Å²) < 4.78 is 12.3. The second-order valence-electron chi connectivity index (χ2n) is 10.1. The van der Waals surface area contributed by atoms with Crippen molar-refractivity contribution in [2.24, 2.45) is 10.2 Å². The minimum Gasteiger partial charge on any atom is -0.483 e. The Morgan fingerprint density at radius 3 is 1.33 bits per heavy atom. The van der Waals surface area contributed by atoms with E-state index in [1.807, 2.05) is 60.7 Å². The summed E-state index contributed by atoms with van der Waals surface area (Å²) in [5.41, 5.74) is 7.23. The Bertz CT molecular complexity index is 1860. The number of ether oxygens (including phenoxy) is 2. The van der Waals surface area contributed by atoms with Crippen molar-refractivity contribution >= 4 is 47.0 Å².